The van der Waals surface area contributed by atoms with Gasteiger partial charge in [0, 0.05) is 28.9 Å². The SMILES string of the molecule is CCC(Cc1ccc(-c2ccc(-c3ccco3)cc2)n1-c1ccc(C(N)=O)cc1C)C(=O)O. The van der Waals surface area contributed by atoms with E-state index in [2.05, 4.69) is 4.57 Å². The van der Waals surface area contributed by atoms with Crippen LogP contribution in [0.2, 0.25) is 0 Å². The zero-order valence-corrected chi connectivity index (χ0v) is 18.6. The van der Waals surface area contributed by atoms with Gasteiger partial charge in [0.25, 0.3) is 0 Å². The van der Waals surface area contributed by atoms with Gasteiger partial charge in [0.15, 0.2) is 0 Å². The first-order valence-corrected chi connectivity index (χ1v) is 10.9. The smallest absolute Gasteiger partial charge is 0.306 e. The molecule has 3 N–H and O–H groups in total. The molecule has 1 atom stereocenters. The van der Waals surface area contributed by atoms with Crippen molar-refractivity contribution >= 4 is 11.9 Å². The molecule has 0 fully saturated rings. The molecule has 0 saturated carbocycles. The third-order valence-electron chi connectivity index (χ3n) is 5.97. The maximum atomic E-state index is 11.7. The molecule has 0 aliphatic heterocycles. The molecule has 33 heavy (non-hydrogen) atoms. The van der Waals surface area contributed by atoms with E-state index in [0.717, 1.165) is 39.5 Å². The van der Waals surface area contributed by atoms with Crippen molar-refractivity contribution in [1.82, 2.24) is 4.57 Å². The summed E-state index contributed by atoms with van der Waals surface area (Å²) in [6.07, 6.45) is 2.58. The second kappa shape index (κ2) is 9.20. The Bertz CT molecular complexity index is 1280. The highest BCUT2D eigenvalue weighted by atomic mass is 16.4. The average molecular weight is 443 g/mol. The number of furan rings is 1. The number of hydrogen-bond acceptors (Lipinski definition) is 3. The summed E-state index contributed by atoms with van der Waals surface area (Å²) in [6.45, 7) is 3.80. The van der Waals surface area contributed by atoms with Crippen molar-refractivity contribution in [1.29, 1.82) is 0 Å². The predicted molar refractivity (Wildman–Crippen MR) is 127 cm³/mol. The fourth-order valence-corrected chi connectivity index (χ4v) is 4.11. The first-order chi connectivity index (χ1) is 15.9. The maximum absolute atomic E-state index is 11.7. The minimum Gasteiger partial charge on any atom is -0.481 e. The molecule has 6 heteroatoms. The van der Waals surface area contributed by atoms with E-state index in [1.54, 1.807) is 18.4 Å². The number of primary amides is 1. The molecular formula is C27H26N2O4. The summed E-state index contributed by atoms with van der Waals surface area (Å²) >= 11 is 0. The number of aromatic nitrogens is 1. The van der Waals surface area contributed by atoms with Gasteiger partial charge in [0.1, 0.15) is 5.76 Å². The summed E-state index contributed by atoms with van der Waals surface area (Å²) in [7, 11) is 0. The van der Waals surface area contributed by atoms with Gasteiger partial charge >= 0.3 is 5.97 Å². The number of amides is 1. The number of aryl methyl sites for hydroxylation is 1. The Hall–Kier alpha value is -4.06. The number of carboxylic acids is 1. The molecule has 2 aromatic carbocycles. The van der Waals surface area contributed by atoms with Crippen LogP contribution in [0.4, 0.5) is 0 Å². The number of carbonyl (C=O) groups is 2. The van der Waals surface area contributed by atoms with Crippen LogP contribution in [-0.2, 0) is 11.2 Å². The minimum absolute atomic E-state index is 0.396. The van der Waals surface area contributed by atoms with E-state index in [4.69, 9.17) is 10.2 Å². The monoisotopic (exact) mass is 442 g/mol. The average Bonchev–Trinajstić information content (AvgIpc) is 3.47. The van der Waals surface area contributed by atoms with Gasteiger partial charge in [-0.2, -0.15) is 0 Å². The fraction of sp³-hybridized carbons (Fsp3) is 0.185. The molecule has 6 nitrogen and oxygen atoms in total. The van der Waals surface area contributed by atoms with E-state index in [1.165, 1.54) is 0 Å². The number of rotatable bonds is 8. The quantitative estimate of drug-likeness (QED) is 0.378. The number of nitrogens with two attached hydrogens (primary N) is 1. The Morgan fingerprint density at radius 2 is 1.76 bits per heavy atom. The van der Waals surface area contributed by atoms with Gasteiger partial charge in [-0.3, -0.25) is 9.59 Å². The minimum atomic E-state index is -0.810. The summed E-state index contributed by atoms with van der Waals surface area (Å²) in [5.74, 6) is -0.987. The van der Waals surface area contributed by atoms with Gasteiger partial charge in [-0.1, -0.05) is 31.2 Å². The van der Waals surface area contributed by atoms with E-state index in [9.17, 15) is 14.7 Å². The van der Waals surface area contributed by atoms with E-state index in [1.807, 2.05) is 68.4 Å². The first-order valence-electron chi connectivity index (χ1n) is 10.9. The van der Waals surface area contributed by atoms with E-state index < -0.39 is 17.8 Å². The molecule has 1 amide bonds. The largest absolute Gasteiger partial charge is 0.481 e. The molecule has 0 aliphatic carbocycles. The van der Waals surface area contributed by atoms with Crippen molar-refractivity contribution in [2.24, 2.45) is 11.7 Å². The third kappa shape index (κ3) is 4.46. The Morgan fingerprint density at radius 1 is 1.03 bits per heavy atom. The summed E-state index contributed by atoms with van der Waals surface area (Å²) in [6, 6.07) is 21.1. The van der Waals surface area contributed by atoms with E-state index in [0.29, 0.717) is 18.4 Å². The van der Waals surface area contributed by atoms with Crippen LogP contribution in [0.5, 0.6) is 0 Å². The van der Waals surface area contributed by atoms with Crippen molar-refractivity contribution in [2.45, 2.75) is 26.7 Å². The molecule has 4 aromatic rings. The molecule has 0 aliphatic rings. The van der Waals surface area contributed by atoms with Crippen LogP contribution < -0.4 is 5.73 Å². The highest BCUT2D eigenvalue weighted by Crippen LogP contribution is 2.32. The molecule has 0 bridgehead atoms. The molecule has 0 saturated heterocycles. The molecular weight excluding hydrogens is 416 g/mol. The zero-order chi connectivity index (χ0) is 23.5. The van der Waals surface area contributed by atoms with Crippen LogP contribution >= 0.6 is 0 Å². The van der Waals surface area contributed by atoms with Gasteiger partial charge in [-0.25, -0.2) is 0 Å². The molecule has 1 unspecified atom stereocenters. The summed E-state index contributed by atoms with van der Waals surface area (Å²) < 4.78 is 7.57. The van der Waals surface area contributed by atoms with Crippen molar-refractivity contribution in [3.05, 3.63) is 89.8 Å². The van der Waals surface area contributed by atoms with Gasteiger partial charge in [-0.15, -0.1) is 0 Å². The number of hydrogen-bond donors (Lipinski definition) is 2. The number of nitrogens with zero attached hydrogens (tertiary/aromatic N) is 1. The van der Waals surface area contributed by atoms with E-state index in [-0.39, 0.29) is 0 Å². The number of carboxylic acid groups (broad SMARTS) is 1. The topological polar surface area (TPSA) is 98.5 Å². The third-order valence-corrected chi connectivity index (χ3v) is 5.97. The lowest BCUT2D eigenvalue weighted by Gasteiger charge is -2.19. The molecule has 168 valence electrons. The van der Waals surface area contributed by atoms with Crippen molar-refractivity contribution in [3.8, 4) is 28.3 Å². The molecule has 2 aromatic heterocycles. The van der Waals surface area contributed by atoms with Gasteiger partial charge in [0.05, 0.1) is 17.9 Å². The lowest BCUT2D eigenvalue weighted by molar-refractivity contribution is -0.141. The molecule has 4 rings (SSSR count). The van der Waals surface area contributed by atoms with Crippen molar-refractivity contribution < 1.29 is 19.1 Å². The molecule has 0 spiro atoms. The van der Waals surface area contributed by atoms with Crippen LogP contribution in [0, 0.1) is 12.8 Å². The van der Waals surface area contributed by atoms with Crippen LogP contribution in [0.1, 0.15) is 35.0 Å². The van der Waals surface area contributed by atoms with Gasteiger partial charge in [-0.05, 0) is 66.9 Å². The Labute approximate surface area is 192 Å². The maximum Gasteiger partial charge on any atom is 0.306 e. The second-order valence-corrected chi connectivity index (χ2v) is 8.11. The Morgan fingerprint density at radius 3 is 2.33 bits per heavy atom. The standard InChI is InChI=1S/C27H26N2O4/c1-3-18(27(31)32)16-22-11-13-24(19-6-8-20(9-7-19)25-5-4-14-33-25)29(22)23-12-10-21(26(28)30)15-17(23)2/h4-15,18H,3,16H2,1-2H3,(H2,28,30)(H,31,32). The lowest BCUT2D eigenvalue weighted by atomic mass is 10.0. The zero-order valence-electron chi connectivity index (χ0n) is 18.6. The number of carbonyl (C=O) groups excluding carboxylic acids is 1. The number of benzene rings is 2. The Balaban J connectivity index is 1.82. The summed E-state index contributed by atoms with van der Waals surface area (Å²) in [5, 5.41) is 9.62. The van der Waals surface area contributed by atoms with Crippen LogP contribution in [0.15, 0.2) is 77.4 Å². The van der Waals surface area contributed by atoms with Crippen LogP contribution in [0.3, 0.4) is 0 Å². The summed E-state index contributed by atoms with van der Waals surface area (Å²) in [4.78, 5) is 23.4. The first kappa shape index (κ1) is 22.1. The summed E-state index contributed by atoms with van der Waals surface area (Å²) in [5.41, 5.74) is 11.4. The highest BCUT2D eigenvalue weighted by molar-refractivity contribution is 5.93. The van der Waals surface area contributed by atoms with Crippen LogP contribution in [-0.4, -0.2) is 21.6 Å². The van der Waals surface area contributed by atoms with Crippen molar-refractivity contribution in [3.63, 3.8) is 0 Å². The molecule has 0 radical (unpaired) electrons. The van der Waals surface area contributed by atoms with Crippen molar-refractivity contribution in [2.75, 3.05) is 0 Å². The highest BCUT2D eigenvalue weighted by Gasteiger charge is 2.21. The second-order valence-electron chi connectivity index (χ2n) is 8.11. The number of aliphatic carboxylic acids is 1. The molecule has 2 heterocycles. The fourth-order valence-electron chi connectivity index (χ4n) is 4.11. The van der Waals surface area contributed by atoms with Gasteiger partial charge < -0.3 is 19.8 Å². The van der Waals surface area contributed by atoms with E-state index >= 15 is 0 Å². The van der Waals surface area contributed by atoms with Gasteiger partial charge in [0.2, 0.25) is 5.91 Å². The Kier molecular flexibility index (Phi) is 6.18. The predicted octanol–water partition coefficient (Wildman–Crippen LogP) is 5.46. The van der Waals surface area contributed by atoms with Crippen LogP contribution in [0.25, 0.3) is 28.3 Å². The normalized spacial score (nSPS) is 11.9. The lowest BCUT2D eigenvalue weighted by Crippen LogP contribution is -2.18.